The second-order valence-electron chi connectivity index (χ2n) is 8.57. The number of thiazole rings is 1. The third kappa shape index (κ3) is 3.95. The van der Waals surface area contributed by atoms with Gasteiger partial charge in [0, 0.05) is 29.5 Å². The highest BCUT2D eigenvalue weighted by molar-refractivity contribution is 8.00. The van der Waals surface area contributed by atoms with E-state index in [1.807, 2.05) is 13.4 Å². The summed E-state index contributed by atoms with van der Waals surface area (Å²) in [5, 5.41) is 28.0. The molecular formula is C21H23N7O5S2. The van der Waals surface area contributed by atoms with Crippen LogP contribution in [-0.2, 0) is 40.8 Å². The Bertz CT molecular complexity index is 1300. The van der Waals surface area contributed by atoms with Crippen molar-refractivity contribution >= 4 is 51.7 Å². The number of β-lactam (4-membered cyclic amide) rings is 1. The van der Waals surface area contributed by atoms with Gasteiger partial charge in [0.1, 0.15) is 35.0 Å². The quantitative estimate of drug-likeness (QED) is 0.137. The molecule has 12 nitrogen and oxygen atoms in total. The molecule has 2 aliphatic heterocycles. The second kappa shape index (κ2) is 9.00. The number of thioether (sulfide) groups is 1. The molecule has 2 amide bonds. The van der Waals surface area contributed by atoms with Gasteiger partial charge in [0.2, 0.25) is 6.33 Å². The maximum absolute atomic E-state index is 13.0. The van der Waals surface area contributed by atoms with E-state index in [4.69, 9.17) is 5.73 Å². The second-order valence-corrected chi connectivity index (χ2v) is 10.6. The lowest BCUT2D eigenvalue weighted by Crippen LogP contribution is -2.71. The van der Waals surface area contributed by atoms with Gasteiger partial charge in [-0.3, -0.25) is 14.5 Å². The molecule has 0 aromatic carbocycles. The van der Waals surface area contributed by atoms with Crippen LogP contribution >= 0.6 is 23.1 Å². The van der Waals surface area contributed by atoms with E-state index >= 15 is 0 Å². The molecule has 0 saturated carbocycles. The number of oxime groups is 1. The van der Waals surface area contributed by atoms with Gasteiger partial charge in [0.25, 0.3) is 11.8 Å². The van der Waals surface area contributed by atoms with Crippen molar-refractivity contribution in [1.29, 1.82) is 0 Å². The van der Waals surface area contributed by atoms with Crippen LogP contribution in [0.2, 0.25) is 0 Å². The number of nitrogen functional groups attached to an aromatic ring is 1. The standard InChI is InChI=1S/C21H23N7O5S2/c1-26-9-27(13-5-3-2-4-12(13)26)6-10-7-34-19-15(18(30)28(19)16(10)20(31)32)24-17(29)14(25-33)11-8-35-21(22)23-11/h8-9,15,19H,2-7H2,1H3,(H4-,22,23,24,29,31,32,33)/t15-,19-/m1/s1. The van der Waals surface area contributed by atoms with Crippen LogP contribution in [0.4, 0.5) is 5.13 Å². The lowest BCUT2D eigenvalue weighted by Gasteiger charge is -2.50. The van der Waals surface area contributed by atoms with Crippen molar-refractivity contribution in [2.75, 3.05) is 11.5 Å². The SMILES string of the molecule is C[n+]1cn(CC2=C(C(=O)[O-])N3C(=O)[C@@H](NC(=O)/C(=N\O)c4csc(N)n4)[C@H]3SC2)c2c1CCCC2. The Labute approximate surface area is 208 Å². The minimum atomic E-state index is -1.43. The zero-order chi connectivity index (χ0) is 24.9. The first-order valence-corrected chi connectivity index (χ1v) is 12.9. The number of nitrogens with one attached hydrogen (secondary N) is 1. The van der Waals surface area contributed by atoms with Crippen molar-refractivity contribution in [3.63, 3.8) is 0 Å². The maximum Gasteiger partial charge on any atom is 0.276 e. The summed E-state index contributed by atoms with van der Waals surface area (Å²) >= 11 is 2.43. The number of nitrogens with two attached hydrogens (primary N) is 1. The van der Waals surface area contributed by atoms with Crippen LogP contribution in [0.3, 0.4) is 0 Å². The Morgan fingerprint density at radius 2 is 2.17 bits per heavy atom. The molecule has 2 atom stereocenters. The normalized spacial score (nSPS) is 21.9. The molecule has 4 heterocycles. The van der Waals surface area contributed by atoms with Gasteiger partial charge in [0.05, 0.1) is 18.7 Å². The number of carbonyl (C=O) groups is 3. The highest BCUT2D eigenvalue weighted by atomic mass is 32.2. The minimum absolute atomic E-state index is 0.0771. The molecule has 0 unspecified atom stereocenters. The Hall–Kier alpha value is -3.39. The van der Waals surface area contributed by atoms with Gasteiger partial charge in [-0.2, -0.15) is 0 Å². The number of rotatable bonds is 6. The summed E-state index contributed by atoms with van der Waals surface area (Å²) in [6.45, 7) is 0.347. The van der Waals surface area contributed by atoms with Crippen molar-refractivity contribution in [1.82, 2.24) is 19.8 Å². The molecule has 1 fully saturated rings. The first kappa shape index (κ1) is 23.4. The van der Waals surface area contributed by atoms with Gasteiger partial charge in [0.15, 0.2) is 10.8 Å². The molecule has 0 spiro atoms. The summed E-state index contributed by atoms with van der Waals surface area (Å²) in [6, 6.07) is -0.978. The van der Waals surface area contributed by atoms with Crippen LogP contribution in [-0.4, -0.2) is 60.3 Å². The highest BCUT2D eigenvalue weighted by Crippen LogP contribution is 2.40. The number of carboxylic acid groups (broad SMARTS) is 1. The summed E-state index contributed by atoms with van der Waals surface area (Å²) in [4.78, 5) is 42.8. The van der Waals surface area contributed by atoms with Gasteiger partial charge >= 0.3 is 0 Å². The van der Waals surface area contributed by atoms with E-state index in [1.165, 1.54) is 33.4 Å². The number of carbonyl (C=O) groups excluding carboxylic acids is 3. The summed E-state index contributed by atoms with van der Waals surface area (Å²) < 4.78 is 4.13. The smallest absolute Gasteiger partial charge is 0.276 e. The number of nitrogens with zero attached hydrogens (tertiary/aromatic N) is 5. The van der Waals surface area contributed by atoms with Crippen LogP contribution in [0.15, 0.2) is 28.1 Å². The van der Waals surface area contributed by atoms with Gasteiger partial charge in [-0.05, 0) is 12.8 Å². The van der Waals surface area contributed by atoms with E-state index in [-0.39, 0.29) is 22.2 Å². The van der Waals surface area contributed by atoms with Gasteiger partial charge < -0.3 is 26.2 Å². The van der Waals surface area contributed by atoms with Gasteiger partial charge in [-0.25, -0.2) is 14.1 Å². The van der Waals surface area contributed by atoms with Gasteiger partial charge in [-0.15, -0.1) is 23.1 Å². The number of carboxylic acids is 1. The summed E-state index contributed by atoms with van der Waals surface area (Å²) in [5.41, 5.74) is 8.15. The van der Waals surface area contributed by atoms with E-state index < -0.39 is 29.2 Å². The van der Waals surface area contributed by atoms with Crippen LogP contribution in [0, 0.1) is 0 Å². The Morgan fingerprint density at radius 3 is 2.86 bits per heavy atom. The number of anilines is 1. The lowest BCUT2D eigenvalue weighted by molar-refractivity contribution is -0.678. The van der Waals surface area contributed by atoms with Crippen LogP contribution in [0.5, 0.6) is 0 Å². The van der Waals surface area contributed by atoms with Crippen LogP contribution < -0.4 is 20.7 Å². The number of hydrogen-bond acceptors (Lipinski definition) is 10. The fourth-order valence-electron chi connectivity index (χ4n) is 4.87. The minimum Gasteiger partial charge on any atom is -0.543 e. The van der Waals surface area contributed by atoms with Crippen molar-refractivity contribution in [2.45, 2.75) is 43.6 Å². The molecule has 0 radical (unpaired) electrons. The van der Waals surface area contributed by atoms with Crippen molar-refractivity contribution in [3.8, 4) is 0 Å². The molecule has 1 aliphatic carbocycles. The Morgan fingerprint density at radius 1 is 1.40 bits per heavy atom. The van der Waals surface area contributed by atoms with Crippen LogP contribution in [0.1, 0.15) is 29.9 Å². The molecule has 2 aromatic rings. The average Bonchev–Trinajstić information content (AvgIpc) is 3.40. The summed E-state index contributed by atoms with van der Waals surface area (Å²) in [6.07, 6.45) is 6.09. The number of aryl methyl sites for hydroxylation is 1. The largest absolute Gasteiger partial charge is 0.543 e. The van der Waals surface area contributed by atoms with Crippen molar-refractivity contribution in [3.05, 3.63) is 40.1 Å². The third-order valence-electron chi connectivity index (χ3n) is 6.46. The van der Waals surface area contributed by atoms with E-state index in [2.05, 4.69) is 24.6 Å². The molecule has 184 valence electrons. The molecule has 1 saturated heterocycles. The number of fused-ring (bicyclic) bond motifs is 2. The molecule has 35 heavy (non-hydrogen) atoms. The number of imidazole rings is 1. The Balaban J connectivity index is 1.36. The molecule has 4 N–H and O–H groups in total. The molecular weight excluding hydrogens is 494 g/mol. The number of aliphatic carboxylic acids is 1. The molecule has 2 aromatic heterocycles. The van der Waals surface area contributed by atoms with Crippen LogP contribution in [0.25, 0.3) is 0 Å². The predicted molar refractivity (Wildman–Crippen MR) is 124 cm³/mol. The number of aromatic nitrogens is 3. The van der Waals surface area contributed by atoms with E-state index in [0.717, 1.165) is 37.0 Å². The summed E-state index contributed by atoms with van der Waals surface area (Å²) in [5.74, 6) is -2.44. The highest BCUT2D eigenvalue weighted by Gasteiger charge is 2.53. The fraction of sp³-hybridized carbons (Fsp3) is 0.429. The number of hydrogen-bond donors (Lipinski definition) is 3. The zero-order valence-corrected chi connectivity index (χ0v) is 20.4. The molecule has 0 bridgehead atoms. The zero-order valence-electron chi connectivity index (χ0n) is 18.8. The van der Waals surface area contributed by atoms with Gasteiger partial charge in [-0.1, -0.05) is 5.16 Å². The first-order valence-electron chi connectivity index (χ1n) is 11.0. The fourth-order valence-corrected chi connectivity index (χ4v) is 6.75. The van der Waals surface area contributed by atoms with Crippen molar-refractivity contribution < 1.29 is 29.3 Å². The Kier molecular flexibility index (Phi) is 6.01. The first-order chi connectivity index (χ1) is 16.8. The summed E-state index contributed by atoms with van der Waals surface area (Å²) in [7, 11) is 1.98. The van der Waals surface area contributed by atoms with E-state index in [1.54, 1.807) is 0 Å². The number of amides is 2. The third-order valence-corrected chi connectivity index (χ3v) is 8.48. The molecule has 5 rings (SSSR count). The predicted octanol–water partition coefficient (Wildman–Crippen LogP) is -1.49. The topological polar surface area (TPSA) is 170 Å². The van der Waals surface area contributed by atoms with E-state index in [9.17, 15) is 24.7 Å². The average molecular weight is 518 g/mol. The lowest BCUT2D eigenvalue weighted by atomic mass is 10.00. The van der Waals surface area contributed by atoms with Crippen molar-refractivity contribution in [2.24, 2.45) is 12.2 Å². The molecule has 3 aliphatic rings. The van der Waals surface area contributed by atoms with E-state index in [0.29, 0.717) is 17.9 Å². The monoisotopic (exact) mass is 517 g/mol. The maximum atomic E-state index is 13.0. The molecule has 14 heteroatoms.